The number of aliphatic hydroxyl groups is 8. The van der Waals surface area contributed by atoms with Gasteiger partial charge in [0.2, 0.25) is 5.91 Å². The summed E-state index contributed by atoms with van der Waals surface area (Å²) >= 11 is 0. The summed E-state index contributed by atoms with van der Waals surface area (Å²) in [5, 5.41) is 87.7. The lowest BCUT2D eigenvalue weighted by molar-refractivity contribution is -0.359. The Hall–Kier alpha value is -3.09. The van der Waals surface area contributed by atoms with Gasteiger partial charge in [0.15, 0.2) is 12.6 Å². The monoisotopic (exact) mass is 1390 g/mol. The van der Waals surface area contributed by atoms with Crippen LogP contribution in [0.4, 0.5) is 0 Å². The van der Waals surface area contributed by atoms with E-state index in [2.05, 4.69) is 104 Å². The van der Waals surface area contributed by atoms with Gasteiger partial charge in [-0.25, -0.2) is 0 Å². The molecule has 2 aliphatic rings. The molecule has 12 unspecified atom stereocenters. The van der Waals surface area contributed by atoms with Gasteiger partial charge in [-0.2, -0.15) is 0 Å². The number of carbonyl (C=O) groups is 1. The van der Waals surface area contributed by atoms with Crippen LogP contribution in [0.2, 0.25) is 0 Å². The molecule has 0 bridgehead atoms. The summed E-state index contributed by atoms with van der Waals surface area (Å²) in [7, 11) is 0. The Balaban J connectivity index is 1.63. The second kappa shape index (κ2) is 68.0. The summed E-state index contributed by atoms with van der Waals surface area (Å²) in [6, 6.07) is -0.945. The van der Waals surface area contributed by atoms with Gasteiger partial charge in [-0.05, 0) is 89.9 Å². The summed E-state index contributed by atoms with van der Waals surface area (Å²) in [4.78, 5) is 13.4. The fourth-order valence-electron chi connectivity index (χ4n) is 13.1. The van der Waals surface area contributed by atoms with Crippen molar-refractivity contribution in [2.75, 3.05) is 19.8 Å². The molecule has 2 saturated heterocycles. The fourth-order valence-corrected chi connectivity index (χ4v) is 13.1. The van der Waals surface area contributed by atoms with Crippen LogP contribution < -0.4 is 5.32 Å². The Morgan fingerprint density at radius 3 is 1.11 bits per heavy atom. The summed E-state index contributed by atoms with van der Waals surface area (Å²) in [6.07, 6.45) is 80.7. The molecule has 1 amide bonds. The second-order valence-electron chi connectivity index (χ2n) is 28.5. The molecule has 0 aromatic rings. The maximum absolute atomic E-state index is 13.4. The maximum atomic E-state index is 13.4. The Bertz CT molecular complexity index is 2040. The Morgan fingerprint density at radius 2 is 0.707 bits per heavy atom. The van der Waals surface area contributed by atoms with Crippen LogP contribution in [0.15, 0.2) is 97.2 Å². The predicted molar refractivity (Wildman–Crippen MR) is 410 cm³/mol. The molecule has 574 valence electrons. The molecule has 0 saturated carbocycles. The van der Waals surface area contributed by atoms with Crippen molar-refractivity contribution in [1.82, 2.24) is 5.32 Å². The van der Waals surface area contributed by atoms with Gasteiger partial charge in [-0.1, -0.05) is 342 Å². The number of hydrogen-bond acceptors (Lipinski definition) is 13. The molecule has 2 fully saturated rings. The minimum atomic E-state index is -1.80. The lowest BCUT2D eigenvalue weighted by Crippen LogP contribution is -2.65. The van der Waals surface area contributed by atoms with E-state index in [4.69, 9.17) is 18.9 Å². The van der Waals surface area contributed by atoms with Crippen LogP contribution in [-0.2, 0) is 23.7 Å². The third kappa shape index (κ3) is 50.9. The number of unbranched alkanes of at least 4 members (excludes halogenated alkanes) is 41. The van der Waals surface area contributed by atoms with Gasteiger partial charge >= 0.3 is 0 Å². The van der Waals surface area contributed by atoms with Gasteiger partial charge < -0.3 is 65.1 Å². The van der Waals surface area contributed by atoms with Crippen molar-refractivity contribution in [3.8, 4) is 0 Å². The Kier molecular flexibility index (Phi) is 63.2. The quantitative estimate of drug-likeness (QED) is 0.0204. The SMILES string of the molecule is CC/C=C\C/C=C\C/C=C\C/C=C\C/C=C\CCCCCCCCCCCCCCCCCCCC(=O)NC(COC1OC(CO)C(OC2OC(CO)C(O)C(O)C2O)C(O)C1O)C(O)/C=C/CC/C=C/CC/C=C/CCCCCCCCCCCCCCCCCCCCCCCC. The van der Waals surface area contributed by atoms with Crippen LogP contribution in [0.1, 0.15) is 341 Å². The van der Waals surface area contributed by atoms with E-state index in [-0.39, 0.29) is 18.9 Å². The van der Waals surface area contributed by atoms with E-state index in [0.29, 0.717) is 12.8 Å². The zero-order chi connectivity index (χ0) is 71.5. The molecule has 2 rings (SSSR count). The summed E-state index contributed by atoms with van der Waals surface area (Å²) in [5.74, 6) is -0.251. The van der Waals surface area contributed by atoms with E-state index in [9.17, 15) is 45.6 Å². The first-order chi connectivity index (χ1) is 48.6. The number of amides is 1. The van der Waals surface area contributed by atoms with E-state index < -0.39 is 86.8 Å². The minimum Gasteiger partial charge on any atom is -0.394 e. The molecule has 0 aliphatic carbocycles. The third-order valence-corrected chi connectivity index (χ3v) is 19.5. The number of nitrogens with one attached hydrogen (secondary N) is 1. The standard InChI is InChI=1S/C85H151NO13/c1-3-5-7-9-11-13-15-17-19-21-23-25-27-29-31-33-35-37-39-41-43-45-47-49-51-53-55-57-59-61-63-65-67-69-77(90)86-73(72-96-84-82(95)80(93)83(76(71-88)98-84)99-85-81(94)79(92)78(91)75(70-87)97-85)74(89)68-66-64-62-60-58-56-54-52-50-48-46-44-42-40-38-36-34-32-30-28-26-24-22-20-18-16-14-12-10-8-6-4-2/h5,7,11,13,17,19,23,25,29,31,50,52,58,60,66,68,73-76,78-85,87-89,91-95H,3-4,6,8-10,12,14-16,18,20-22,24,26-28,30,32-49,51,53-57,59,61-65,67,69-72H2,1-2H3,(H,86,90)/b7-5-,13-11-,19-17-,25-23-,31-29-,52-50+,60-58+,68-66+. The van der Waals surface area contributed by atoms with Crippen molar-refractivity contribution in [1.29, 1.82) is 0 Å². The van der Waals surface area contributed by atoms with Gasteiger partial charge in [-0.15, -0.1) is 0 Å². The molecule has 2 aliphatic heterocycles. The Labute approximate surface area is 604 Å². The van der Waals surface area contributed by atoms with Crippen molar-refractivity contribution >= 4 is 5.91 Å². The van der Waals surface area contributed by atoms with Gasteiger partial charge in [-0.3, -0.25) is 4.79 Å². The van der Waals surface area contributed by atoms with E-state index in [1.165, 1.54) is 231 Å². The minimum absolute atomic E-state index is 0.251. The van der Waals surface area contributed by atoms with Gasteiger partial charge in [0.25, 0.3) is 0 Å². The van der Waals surface area contributed by atoms with Crippen molar-refractivity contribution in [3.63, 3.8) is 0 Å². The molecule has 12 atom stereocenters. The topological polar surface area (TPSA) is 228 Å². The second-order valence-corrected chi connectivity index (χ2v) is 28.5. The number of hydrogen-bond donors (Lipinski definition) is 9. The molecule has 9 N–H and O–H groups in total. The van der Waals surface area contributed by atoms with Crippen molar-refractivity contribution < 1.29 is 64.6 Å². The van der Waals surface area contributed by atoms with Gasteiger partial charge in [0.05, 0.1) is 32.0 Å². The molecule has 99 heavy (non-hydrogen) atoms. The molecule has 14 heteroatoms. The average molecular weight is 1400 g/mol. The zero-order valence-electron chi connectivity index (χ0n) is 63.0. The normalized spacial score (nSPS) is 22.4. The largest absolute Gasteiger partial charge is 0.394 e. The number of aliphatic hydroxyl groups excluding tert-OH is 8. The molecule has 0 radical (unpaired) electrons. The van der Waals surface area contributed by atoms with Crippen molar-refractivity contribution in [2.24, 2.45) is 0 Å². The zero-order valence-corrected chi connectivity index (χ0v) is 63.0. The average Bonchev–Trinajstić information content (AvgIpc) is 0.793. The summed E-state index contributed by atoms with van der Waals surface area (Å²) in [5.41, 5.74) is 0. The fraction of sp³-hybridized carbons (Fsp3) is 0.800. The van der Waals surface area contributed by atoms with Gasteiger partial charge in [0, 0.05) is 6.42 Å². The summed E-state index contributed by atoms with van der Waals surface area (Å²) in [6.45, 7) is 2.70. The van der Waals surface area contributed by atoms with Gasteiger partial charge in [0.1, 0.15) is 48.8 Å². The van der Waals surface area contributed by atoms with E-state index in [0.717, 1.165) is 77.0 Å². The maximum Gasteiger partial charge on any atom is 0.220 e. The molecule has 2 heterocycles. The number of carbonyl (C=O) groups excluding carboxylic acids is 1. The molecular formula is C85H151NO13. The number of allylic oxidation sites excluding steroid dienone is 15. The predicted octanol–water partition coefficient (Wildman–Crippen LogP) is 18.9. The smallest absolute Gasteiger partial charge is 0.220 e. The molecule has 0 spiro atoms. The van der Waals surface area contributed by atoms with Crippen LogP contribution in [-0.4, -0.2) is 140 Å². The van der Waals surface area contributed by atoms with Crippen LogP contribution in [0.5, 0.6) is 0 Å². The van der Waals surface area contributed by atoms with Crippen LogP contribution in [0.3, 0.4) is 0 Å². The highest BCUT2D eigenvalue weighted by Crippen LogP contribution is 2.30. The molecular weight excluding hydrogens is 1240 g/mol. The lowest BCUT2D eigenvalue weighted by atomic mass is 9.97. The highest BCUT2D eigenvalue weighted by Gasteiger charge is 2.51. The number of ether oxygens (including phenoxy) is 4. The van der Waals surface area contributed by atoms with E-state index >= 15 is 0 Å². The van der Waals surface area contributed by atoms with Crippen molar-refractivity contribution in [3.05, 3.63) is 97.2 Å². The highest BCUT2D eigenvalue weighted by molar-refractivity contribution is 5.76. The first kappa shape index (κ1) is 92.0. The third-order valence-electron chi connectivity index (χ3n) is 19.5. The first-order valence-electron chi connectivity index (χ1n) is 41.0. The highest BCUT2D eigenvalue weighted by atomic mass is 16.7. The van der Waals surface area contributed by atoms with Crippen LogP contribution in [0.25, 0.3) is 0 Å². The van der Waals surface area contributed by atoms with Crippen LogP contribution >= 0.6 is 0 Å². The van der Waals surface area contributed by atoms with Crippen LogP contribution in [0, 0.1) is 0 Å². The molecule has 14 nitrogen and oxygen atoms in total. The molecule has 0 aromatic heterocycles. The molecule has 0 aromatic carbocycles. The van der Waals surface area contributed by atoms with E-state index in [1.54, 1.807) is 6.08 Å². The van der Waals surface area contributed by atoms with E-state index in [1.807, 2.05) is 6.08 Å². The summed E-state index contributed by atoms with van der Waals surface area (Å²) < 4.78 is 22.9. The number of rotatable bonds is 68. The van der Waals surface area contributed by atoms with Crippen molar-refractivity contribution in [2.45, 2.75) is 415 Å². The first-order valence-corrected chi connectivity index (χ1v) is 41.0. The Morgan fingerprint density at radius 1 is 0.374 bits per heavy atom. The lowest BCUT2D eigenvalue weighted by Gasteiger charge is -2.46.